The Morgan fingerprint density at radius 2 is 1.95 bits per heavy atom. The largest absolute Gasteiger partial charge is 0.345 e. The van der Waals surface area contributed by atoms with Crippen LogP contribution in [0.5, 0.6) is 0 Å². The maximum absolute atomic E-state index is 13.7. The molecule has 1 N–H and O–H groups in total. The summed E-state index contributed by atoms with van der Waals surface area (Å²) in [4.78, 5) is 12.1. The Morgan fingerprint density at radius 3 is 2.60 bits per heavy atom. The zero-order valence-electron chi connectivity index (χ0n) is 11.3. The van der Waals surface area contributed by atoms with Crippen molar-refractivity contribution in [3.05, 3.63) is 70.0 Å². The molecule has 104 valence electrons. The van der Waals surface area contributed by atoms with Gasteiger partial charge in [-0.3, -0.25) is 4.79 Å². The number of halogens is 2. The number of carbonyl (C=O) groups excluding carboxylic acids is 1. The topological polar surface area (TPSA) is 29.1 Å². The second kappa shape index (κ2) is 6.06. The van der Waals surface area contributed by atoms with Crippen molar-refractivity contribution in [3.8, 4) is 0 Å². The number of hydrogen-bond donors (Lipinski definition) is 1. The molecule has 2 aromatic carbocycles. The van der Waals surface area contributed by atoms with Crippen LogP contribution in [0.2, 0.25) is 5.02 Å². The lowest BCUT2D eigenvalue weighted by Crippen LogP contribution is -2.27. The monoisotopic (exact) mass is 291 g/mol. The molecule has 4 heteroatoms. The third-order valence-electron chi connectivity index (χ3n) is 3.18. The molecule has 0 saturated carbocycles. The number of amides is 1. The van der Waals surface area contributed by atoms with Crippen LogP contribution in [-0.4, -0.2) is 5.91 Å². The minimum absolute atomic E-state index is 0.00478. The SMILES string of the molecule is Cc1ccccc1[C@@H](C)NC(=O)c1ccc(Cl)cc1F. The quantitative estimate of drug-likeness (QED) is 0.898. The maximum Gasteiger partial charge on any atom is 0.254 e. The van der Waals surface area contributed by atoms with Crippen molar-refractivity contribution in [1.29, 1.82) is 0 Å². The van der Waals surface area contributed by atoms with Gasteiger partial charge in [0.15, 0.2) is 0 Å². The lowest BCUT2D eigenvalue weighted by atomic mass is 10.0. The third-order valence-corrected chi connectivity index (χ3v) is 3.41. The van der Waals surface area contributed by atoms with Gasteiger partial charge in [-0.1, -0.05) is 35.9 Å². The minimum atomic E-state index is -0.619. The standard InChI is InChI=1S/C16H15ClFNO/c1-10-5-3-4-6-13(10)11(2)19-16(20)14-8-7-12(17)9-15(14)18/h3-9,11H,1-2H3,(H,19,20)/t11-/m1/s1. The Hall–Kier alpha value is -1.87. The van der Waals surface area contributed by atoms with Gasteiger partial charge in [0.2, 0.25) is 0 Å². The Balaban J connectivity index is 2.17. The molecule has 0 fully saturated rings. The normalized spacial score (nSPS) is 12.0. The van der Waals surface area contributed by atoms with Gasteiger partial charge in [0.1, 0.15) is 5.82 Å². The van der Waals surface area contributed by atoms with E-state index in [0.717, 1.165) is 17.2 Å². The summed E-state index contributed by atoms with van der Waals surface area (Å²) < 4.78 is 13.7. The summed E-state index contributed by atoms with van der Waals surface area (Å²) in [6.45, 7) is 3.84. The fraction of sp³-hybridized carbons (Fsp3) is 0.188. The first-order valence-electron chi connectivity index (χ1n) is 6.30. The first kappa shape index (κ1) is 14.5. The van der Waals surface area contributed by atoms with Crippen LogP contribution in [0.1, 0.15) is 34.5 Å². The molecule has 0 aliphatic heterocycles. The lowest BCUT2D eigenvalue weighted by molar-refractivity contribution is 0.0936. The van der Waals surface area contributed by atoms with E-state index in [1.54, 1.807) is 0 Å². The summed E-state index contributed by atoms with van der Waals surface area (Å²) >= 11 is 5.67. The molecular weight excluding hydrogens is 277 g/mol. The zero-order valence-corrected chi connectivity index (χ0v) is 12.0. The van der Waals surface area contributed by atoms with Crippen molar-refractivity contribution in [3.63, 3.8) is 0 Å². The van der Waals surface area contributed by atoms with Crippen LogP contribution >= 0.6 is 11.6 Å². The molecule has 0 unspecified atom stereocenters. The molecule has 2 rings (SSSR count). The highest BCUT2D eigenvalue weighted by Gasteiger charge is 2.16. The molecule has 1 amide bonds. The van der Waals surface area contributed by atoms with Crippen LogP contribution in [0.15, 0.2) is 42.5 Å². The molecule has 0 aliphatic rings. The van der Waals surface area contributed by atoms with Crippen molar-refractivity contribution in [2.75, 3.05) is 0 Å². The smallest absolute Gasteiger partial charge is 0.254 e. The number of aryl methyl sites for hydroxylation is 1. The van der Waals surface area contributed by atoms with Crippen LogP contribution < -0.4 is 5.32 Å². The summed E-state index contributed by atoms with van der Waals surface area (Å²) in [6.07, 6.45) is 0. The average molecular weight is 292 g/mol. The molecule has 0 aliphatic carbocycles. The van der Waals surface area contributed by atoms with E-state index in [0.29, 0.717) is 0 Å². The fourth-order valence-corrected chi connectivity index (χ4v) is 2.26. The van der Waals surface area contributed by atoms with Crippen molar-refractivity contribution in [2.45, 2.75) is 19.9 Å². The van der Waals surface area contributed by atoms with Crippen LogP contribution in [0.4, 0.5) is 4.39 Å². The van der Waals surface area contributed by atoms with Gasteiger partial charge in [-0.25, -0.2) is 4.39 Å². The van der Waals surface area contributed by atoms with Crippen LogP contribution in [-0.2, 0) is 0 Å². The van der Waals surface area contributed by atoms with Gasteiger partial charge in [-0.2, -0.15) is 0 Å². The van der Waals surface area contributed by atoms with Crippen LogP contribution in [0.25, 0.3) is 0 Å². The van der Waals surface area contributed by atoms with Gasteiger partial charge < -0.3 is 5.32 Å². The maximum atomic E-state index is 13.7. The number of hydrogen-bond acceptors (Lipinski definition) is 1. The highest BCUT2D eigenvalue weighted by molar-refractivity contribution is 6.30. The van der Waals surface area contributed by atoms with Gasteiger partial charge in [0, 0.05) is 5.02 Å². The molecule has 0 radical (unpaired) electrons. The Kier molecular flexibility index (Phi) is 4.40. The third kappa shape index (κ3) is 3.17. The van der Waals surface area contributed by atoms with E-state index >= 15 is 0 Å². The summed E-state index contributed by atoms with van der Waals surface area (Å²) in [6, 6.07) is 11.6. The lowest BCUT2D eigenvalue weighted by Gasteiger charge is -2.16. The number of nitrogens with one attached hydrogen (secondary N) is 1. The van der Waals surface area contributed by atoms with Crippen molar-refractivity contribution < 1.29 is 9.18 Å². The van der Waals surface area contributed by atoms with E-state index in [-0.39, 0.29) is 16.6 Å². The molecule has 0 spiro atoms. The molecule has 0 saturated heterocycles. The summed E-state index contributed by atoms with van der Waals surface area (Å²) in [5, 5.41) is 3.06. The van der Waals surface area contributed by atoms with Crippen molar-refractivity contribution in [2.24, 2.45) is 0 Å². The van der Waals surface area contributed by atoms with Gasteiger partial charge in [-0.15, -0.1) is 0 Å². The van der Waals surface area contributed by atoms with Crippen molar-refractivity contribution >= 4 is 17.5 Å². The number of rotatable bonds is 3. The van der Waals surface area contributed by atoms with Crippen LogP contribution in [0, 0.1) is 12.7 Å². The Morgan fingerprint density at radius 1 is 1.25 bits per heavy atom. The molecular formula is C16H15ClFNO. The molecule has 2 aromatic rings. The minimum Gasteiger partial charge on any atom is -0.345 e. The number of carbonyl (C=O) groups is 1. The summed E-state index contributed by atoms with van der Waals surface area (Å²) in [5.41, 5.74) is 2.09. The molecule has 1 atom stereocenters. The molecule has 0 bridgehead atoms. The van der Waals surface area contributed by atoms with E-state index < -0.39 is 11.7 Å². The van der Waals surface area contributed by atoms with E-state index in [9.17, 15) is 9.18 Å². The fourth-order valence-electron chi connectivity index (χ4n) is 2.10. The van der Waals surface area contributed by atoms with E-state index in [2.05, 4.69) is 5.32 Å². The van der Waals surface area contributed by atoms with Gasteiger partial charge in [-0.05, 0) is 43.2 Å². The van der Waals surface area contributed by atoms with Crippen molar-refractivity contribution in [1.82, 2.24) is 5.32 Å². The zero-order chi connectivity index (χ0) is 14.7. The first-order valence-corrected chi connectivity index (χ1v) is 6.68. The molecule has 2 nitrogen and oxygen atoms in total. The Bertz CT molecular complexity index is 642. The summed E-state index contributed by atoms with van der Waals surface area (Å²) in [5.74, 6) is -1.07. The Labute approximate surface area is 122 Å². The average Bonchev–Trinajstić information content (AvgIpc) is 2.38. The second-order valence-electron chi connectivity index (χ2n) is 4.68. The molecule has 0 heterocycles. The highest BCUT2D eigenvalue weighted by Crippen LogP contribution is 2.19. The molecule has 20 heavy (non-hydrogen) atoms. The van der Waals surface area contributed by atoms with E-state index in [4.69, 9.17) is 11.6 Å². The first-order chi connectivity index (χ1) is 9.49. The number of benzene rings is 2. The van der Waals surface area contributed by atoms with Gasteiger partial charge in [0.05, 0.1) is 11.6 Å². The highest BCUT2D eigenvalue weighted by atomic mass is 35.5. The van der Waals surface area contributed by atoms with Gasteiger partial charge >= 0.3 is 0 Å². The van der Waals surface area contributed by atoms with E-state index in [1.807, 2.05) is 38.1 Å². The summed E-state index contributed by atoms with van der Waals surface area (Å²) in [7, 11) is 0. The second-order valence-corrected chi connectivity index (χ2v) is 5.11. The predicted molar refractivity (Wildman–Crippen MR) is 78.5 cm³/mol. The van der Waals surface area contributed by atoms with Crippen LogP contribution in [0.3, 0.4) is 0 Å². The van der Waals surface area contributed by atoms with Gasteiger partial charge in [0.25, 0.3) is 5.91 Å². The molecule has 0 aromatic heterocycles. The predicted octanol–water partition coefficient (Wildman–Crippen LogP) is 4.28. The van der Waals surface area contributed by atoms with E-state index in [1.165, 1.54) is 12.1 Å².